The number of carbonyl (C=O) groups excluding carboxylic acids is 1. The molecule has 0 aliphatic carbocycles. The quantitative estimate of drug-likeness (QED) is 0.804. The van der Waals surface area contributed by atoms with E-state index in [1.807, 2.05) is 31.1 Å². The fourth-order valence-corrected chi connectivity index (χ4v) is 3.45. The molecule has 128 valence electrons. The number of hydrogen-bond donors (Lipinski definition) is 1. The second-order valence-corrected chi connectivity index (χ2v) is 6.69. The summed E-state index contributed by atoms with van der Waals surface area (Å²) >= 11 is 0. The van der Waals surface area contributed by atoms with E-state index in [0.29, 0.717) is 12.3 Å². The Morgan fingerprint density at radius 1 is 1.43 bits per heavy atom. The van der Waals surface area contributed by atoms with Crippen LogP contribution in [-0.2, 0) is 9.47 Å². The monoisotopic (exact) mass is 321 g/mol. The van der Waals surface area contributed by atoms with Gasteiger partial charge in [-0.05, 0) is 45.5 Å². The molecule has 0 saturated carbocycles. The number of likely N-dealkylation sites (tertiary alicyclic amines) is 1. The zero-order valence-corrected chi connectivity index (χ0v) is 14.0. The van der Waals surface area contributed by atoms with Gasteiger partial charge in [-0.15, -0.1) is 0 Å². The first kappa shape index (κ1) is 16.5. The summed E-state index contributed by atoms with van der Waals surface area (Å²) < 4.78 is 11.9. The Morgan fingerprint density at radius 2 is 2.30 bits per heavy atom. The molecule has 0 radical (unpaired) electrons. The van der Waals surface area contributed by atoms with Crippen LogP contribution in [0.1, 0.15) is 29.8 Å². The average molecular weight is 321 g/mol. The van der Waals surface area contributed by atoms with Gasteiger partial charge in [-0.25, -0.2) is 0 Å². The Morgan fingerprint density at radius 3 is 3.04 bits per heavy atom. The number of ether oxygens (including phenoxy) is 2. The van der Waals surface area contributed by atoms with Gasteiger partial charge in [-0.2, -0.15) is 0 Å². The van der Waals surface area contributed by atoms with Gasteiger partial charge in [0, 0.05) is 19.3 Å². The van der Waals surface area contributed by atoms with Gasteiger partial charge in [0.25, 0.3) is 5.91 Å². The fraction of sp³-hybridized carbons (Fsp3) is 0.706. The molecule has 0 bridgehead atoms. The number of nitrogens with one attached hydrogen (secondary N) is 1. The smallest absolute Gasteiger partial charge is 0.270 e. The molecular weight excluding hydrogens is 294 g/mol. The van der Waals surface area contributed by atoms with E-state index in [0.717, 1.165) is 39.0 Å². The van der Waals surface area contributed by atoms with Crippen molar-refractivity contribution in [3.8, 4) is 0 Å². The number of aromatic nitrogens is 1. The first-order chi connectivity index (χ1) is 11.1. The van der Waals surface area contributed by atoms with Gasteiger partial charge in [0.2, 0.25) is 0 Å². The molecule has 6 nitrogen and oxygen atoms in total. The number of H-pyrrole nitrogens is 1. The summed E-state index contributed by atoms with van der Waals surface area (Å²) in [7, 11) is 4.08. The van der Waals surface area contributed by atoms with Crippen LogP contribution in [-0.4, -0.2) is 79.3 Å². The molecule has 0 unspecified atom stereocenters. The highest BCUT2D eigenvalue weighted by Crippen LogP contribution is 2.32. The predicted octanol–water partition coefficient (Wildman–Crippen LogP) is 1.35. The number of nitrogens with zero attached hydrogens (tertiary/aromatic N) is 2. The van der Waals surface area contributed by atoms with Gasteiger partial charge in [-0.1, -0.05) is 0 Å². The molecule has 2 aliphatic rings. The van der Waals surface area contributed by atoms with Gasteiger partial charge in [-0.3, -0.25) is 4.79 Å². The van der Waals surface area contributed by atoms with Crippen LogP contribution in [0.25, 0.3) is 0 Å². The number of fused-ring (bicyclic) bond motifs is 1. The van der Waals surface area contributed by atoms with Gasteiger partial charge in [0.1, 0.15) is 5.69 Å². The van der Waals surface area contributed by atoms with E-state index in [4.69, 9.17) is 9.47 Å². The van der Waals surface area contributed by atoms with Gasteiger partial charge in [0.15, 0.2) is 0 Å². The highest BCUT2D eigenvalue weighted by molar-refractivity contribution is 5.92. The molecule has 1 N–H and O–H groups in total. The largest absolute Gasteiger partial charge is 0.377 e. The first-order valence-electron chi connectivity index (χ1n) is 8.47. The Hall–Kier alpha value is -1.37. The van der Waals surface area contributed by atoms with Crippen LogP contribution in [0.3, 0.4) is 0 Å². The lowest BCUT2D eigenvalue weighted by molar-refractivity contribution is -0.0970. The van der Waals surface area contributed by atoms with E-state index in [2.05, 4.69) is 9.88 Å². The molecule has 3 rings (SSSR count). The molecule has 0 aromatic carbocycles. The van der Waals surface area contributed by atoms with Crippen LogP contribution in [0, 0.1) is 0 Å². The van der Waals surface area contributed by atoms with Crippen LogP contribution >= 0.6 is 0 Å². The number of amides is 1. The molecular formula is C17H27N3O3. The van der Waals surface area contributed by atoms with Crippen molar-refractivity contribution in [1.29, 1.82) is 0 Å². The second kappa shape index (κ2) is 7.47. The number of carbonyl (C=O) groups is 1. The highest BCUT2D eigenvalue weighted by Gasteiger charge is 2.42. The summed E-state index contributed by atoms with van der Waals surface area (Å²) in [4.78, 5) is 19.6. The maximum atomic E-state index is 12.5. The van der Waals surface area contributed by atoms with Crippen molar-refractivity contribution in [2.24, 2.45) is 0 Å². The van der Waals surface area contributed by atoms with Crippen LogP contribution in [0.4, 0.5) is 0 Å². The Balaban J connectivity index is 1.47. The summed E-state index contributed by atoms with van der Waals surface area (Å²) in [5.74, 6) is 0.0896. The Kier molecular flexibility index (Phi) is 5.35. The second-order valence-electron chi connectivity index (χ2n) is 6.69. The average Bonchev–Trinajstić information content (AvgIpc) is 3.19. The summed E-state index contributed by atoms with van der Waals surface area (Å²) in [5, 5.41) is 0. The highest BCUT2D eigenvalue weighted by atomic mass is 16.5. The molecule has 1 aromatic heterocycles. The van der Waals surface area contributed by atoms with E-state index in [-0.39, 0.29) is 24.2 Å². The molecule has 1 aromatic rings. The molecule has 2 fully saturated rings. The lowest BCUT2D eigenvalue weighted by atomic mass is 9.99. The van der Waals surface area contributed by atoms with Gasteiger partial charge >= 0.3 is 0 Å². The third kappa shape index (κ3) is 3.94. The topological polar surface area (TPSA) is 57.8 Å². The molecule has 3 atom stereocenters. The lowest BCUT2D eigenvalue weighted by Gasteiger charge is -2.35. The first-order valence-corrected chi connectivity index (χ1v) is 8.47. The third-order valence-corrected chi connectivity index (χ3v) is 4.71. The molecule has 3 heterocycles. The Bertz CT molecular complexity index is 503. The Labute approximate surface area is 137 Å². The SMILES string of the molecule is CN(C)CCOC[C@@H]1CC[C@@H]2[C@@H](CCN2C(=O)c2ccc[nH]2)O1. The molecule has 6 heteroatoms. The van der Waals surface area contributed by atoms with Crippen molar-refractivity contribution in [3.05, 3.63) is 24.0 Å². The minimum atomic E-state index is 0.0896. The van der Waals surface area contributed by atoms with Crippen molar-refractivity contribution in [2.75, 3.05) is 40.4 Å². The molecule has 2 saturated heterocycles. The van der Waals surface area contributed by atoms with E-state index < -0.39 is 0 Å². The van der Waals surface area contributed by atoms with Crippen LogP contribution in [0.5, 0.6) is 0 Å². The molecule has 0 spiro atoms. The number of rotatable bonds is 6. The van der Waals surface area contributed by atoms with E-state index in [1.54, 1.807) is 6.20 Å². The summed E-state index contributed by atoms with van der Waals surface area (Å²) in [6.45, 7) is 3.10. The normalized spacial score (nSPS) is 27.4. The van der Waals surface area contributed by atoms with E-state index >= 15 is 0 Å². The summed E-state index contributed by atoms with van der Waals surface area (Å²) in [6, 6.07) is 3.91. The van der Waals surface area contributed by atoms with Crippen LogP contribution in [0.2, 0.25) is 0 Å². The number of likely N-dealkylation sites (N-methyl/N-ethyl adjacent to an activating group) is 1. The van der Waals surface area contributed by atoms with Crippen molar-refractivity contribution in [3.63, 3.8) is 0 Å². The lowest BCUT2D eigenvalue weighted by Crippen LogP contribution is -2.46. The third-order valence-electron chi connectivity index (χ3n) is 4.71. The zero-order valence-electron chi connectivity index (χ0n) is 14.0. The van der Waals surface area contributed by atoms with Crippen molar-refractivity contribution >= 4 is 5.91 Å². The zero-order chi connectivity index (χ0) is 16.2. The number of aromatic amines is 1. The molecule has 1 amide bonds. The van der Waals surface area contributed by atoms with Crippen LogP contribution in [0.15, 0.2) is 18.3 Å². The van der Waals surface area contributed by atoms with Crippen molar-refractivity contribution < 1.29 is 14.3 Å². The van der Waals surface area contributed by atoms with Crippen molar-refractivity contribution in [2.45, 2.75) is 37.5 Å². The van der Waals surface area contributed by atoms with E-state index in [9.17, 15) is 4.79 Å². The van der Waals surface area contributed by atoms with Gasteiger partial charge < -0.3 is 24.3 Å². The van der Waals surface area contributed by atoms with Gasteiger partial charge in [0.05, 0.1) is 31.5 Å². The standard InChI is InChI=1S/C17H27N3O3/c1-19(2)10-11-22-12-13-5-6-15-16(23-13)7-9-20(15)17(21)14-4-3-8-18-14/h3-4,8,13,15-16,18H,5-7,9-12H2,1-2H3/t13-,15+,16+/m0/s1. The van der Waals surface area contributed by atoms with Crippen molar-refractivity contribution in [1.82, 2.24) is 14.8 Å². The summed E-state index contributed by atoms with van der Waals surface area (Å²) in [6.07, 6.45) is 4.99. The molecule has 2 aliphatic heterocycles. The maximum absolute atomic E-state index is 12.5. The van der Waals surface area contributed by atoms with Crippen LogP contribution < -0.4 is 0 Å². The maximum Gasteiger partial charge on any atom is 0.270 e. The molecule has 23 heavy (non-hydrogen) atoms. The van der Waals surface area contributed by atoms with E-state index in [1.165, 1.54) is 0 Å². The number of hydrogen-bond acceptors (Lipinski definition) is 4. The summed E-state index contributed by atoms with van der Waals surface area (Å²) in [5.41, 5.74) is 0.666. The minimum absolute atomic E-state index is 0.0896. The fourth-order valence-electron chi connectivity index (χ4n) is 3.45. The predicted molar refractivity (Wildman–Crippen MR) is 87.5 cm³/mol. The minimum Gasteiger partial charge on any atom is -0.377 e.